The standard InChI is InChI=1S/C17H23NO3/c1-5-6-7-14(16(20)21)18-15(19)12-8-10-13(11-9-12)17(2,3)4/h5,8-11,14H,1,6-7H2,2-4H3,(H,18,19)(H,20,21). The van der Waals surface area contributed by atoms with Crippen molar-refractivity contribution in [3.63, 3.8) is 0 Å². The van der Waals surface area contributed by atoms with E-state index in [0.29, 0.717) is 18.4 Å². The molecule has 0 saturated carbocycles. The predicted molar refractivity (Wildman–Crippen MR) is 83.5 cm³/mol. The molecule has 1 aromatic rings. The highest BCUT2D eigenvalue weighted by atomic mass is 16.4. The Kier molecular flexibility index (Phi) is 5.70. The first-order chi connectivity index (χ1) is 9.75. The van der Waals surface area contributed by atoms with Gasteiger partial charge in [-0.05, 0) is 36.0 Å². The number of rotatable bonds is 6. The molecule has 1 rings (SSSR count). The van der Waals surface area contributed by atoms with Crippen LogP contribution in [0, 0.1) is 0 Å². The number of aliphatic carboxylic acids is 1. The first kappa shape index (κ1) is 17.0. The number of carbonyl (C=O) groups is 2. The number of carbonyl (C=O) groups excluding carboxylic acids is 1. The Balaban J connectivity index is 2.78. The Bertz CT molecular complexity index is 512. The molecule has 1 atom stereocenters. The summed E-state index contributed by atoms with van der Waals surface area (Å²) in [4.78, 5) is 23.2. The minimum absolute atomic E-state index is 0.0164. The van der Waals surface area contributed by atoms with Gasteiger partial charge in [-0.1, -0.05) is 39.0 Å². The van der Waals surface area contributed by atoms with Gasteiger partial charge in [-0.25, -0.2) is 4.79 Å². The van der Waals surface area contributed by atoms with Crippen LogP contribution in [0.5, 0.6) is 0 Å². The molecular formula is C17H23NO3. The summed E-state index contributed by atoms with van der Waals surface area (Å²) >= 11 is 0. The second-order valence-corrected chi connectivity index (χ2v) is 6.06. The van der Waals surface area contributed by atoms with Crippen LogP contribution in [0.4, 0.5) is 0 Å². The van der Waals surface area contributed by atoms with Crippen molar-refractivity contribution in [1.82, 2.24) is 5.32 Å². The lowest BCUT2D eigenvalue weighted by molar-refractivity contribution is -0.139. The number of hydrogen-bond donors (Lipinski definition) is 2. The number of amides is 1. The van der Waals surface area contributed by atoms with Gasteiger partial charge in [-0.2, -0.15) is 0 Å². The summed E-state index contributed by atoms with van der Waals surface area (Å²) in [6.07, 6.45) is 2.52. The lowest BCUT2D eigenvalue weighted by atomic mass is 9.86. The van der Waals surface area contributed by atoms with Crippen LogP contribution in [0.15, 0.2) is 36.9 Å². The molecule has 0 aliphatic carbocycles. The highest BCUT2D eigenvalue weighted by molar-refractivity contribution is 5.96. The molecule has 0 bridgehead atoms. The molecule has 0 saturated heterocycles. The van der Waals surface area contributed by atoms with Gasteiger partial charge in [0.15, 0.2) is 0 Å². The number of allylic oxidation sites excluding steroid dienone is 1. The first-order valence-corrected chi connectivity index (χ1v) is 7.01. The van der Waals surface area contributed by atoms with Crippen molar-refractivity contribution in [2.45, 2.75) is 45.1 Å². The zero-order chi connectivity index (χ0) is 16.0. The Hall–Kier alpha value is -2.10. The molecule has 0 aliphatic heterocycles. The molecule has 4 heteroatoms. The summed E-state index contributed by atoms with van der Waals surface area (Å²) in [6, 6.07) is 6.35. The fourth-order valence-corrected chi connectivity index (χ4v) is 1.91. The van der Waals surface area contributed by atoms with E-state index in [0.717, 1.165) is 5.56 Å². The maximum atomic E-state index is 12.1. The van der Waals surface area contributed by atoms with Crippen LogP contribution in [0.3, 0.4) is 0 Å². The van der Waals surface area contributed by atoms with Crippen molar-refractivity contribution in [3.05, 3.63) is 48.0 Å². The van der Waals surface area contributed by atoms with Crippen molar-refractivity contribution in [2.24, 2.45) is 0 Å². The average Bonchev–Trinajstić information content (AvgIpc) is 2.42. The number of carboxylic acid groups (broad SMARTS) is 1. The van der Waals surface area contributed by atoms with E-state index in [2.05, 4.69) is 32.7 Å². The minimum atomic E-state index is -1.03. The molecule has 1 unspecified atom stereocenters. The average molecular weight is 289 g/mol. The Morgan fingerprint density at radius 3 is 2.29 bits per heavy atom. The molecule has 0 aliphatic rings. The molecule has 114 valence electrons. The maximum absolute atomic E-state index is 12.1. The van der Waals surface area contributed by atoms with Gasteiger partial charge in [-0.15, -0.1) is 6.58 Å². The molecule has 2 N–H and O–H groups in total. The van der Waals surface area contributed by atoms with Crippen LogP contribution in [0.2, 0.25) is 0 Å². The summed E-state index contributed by atoms with van der Waals surface area (Å²) in [5.41, 5.74) is 1.61. The van der Waals surface area contributed by atoms with Crippen molar-refractivity contribution < 1.29 is 14.7 Å². The van der Waals surface area contributed by atoms with E-state index < -0.39 is 12.0 Å². The SMILES string of the molecule is C=CCCC(NC(=O)c1ccc(C(C)(C)C)cc1)C(=O)O. The van der Waals surface area contributed by atoms with Gasteiger partial charge < -0.3 is 10.4 Å². The number of benzene rings is 1. The normalized spacial score (nSPS) is 12.5. The summed E-state index contributed by atoms with van der Waals surface area (Å²) in [5.74, 6) is -1.40. The Morgan fingerprint density at radius 1 is 1.29 bits per heavy atom. The zero-order valence-corrected chi connectivity index (χ0v) is 12.8. The fraction of sp³-hybridized carbons (Fsp3) is 0.412. The summed E-state index contributed by atoms with van der Waals surface area (Å²) in [6.45, 7) is 9.84. The molecule has 21 heavy (non-hydrogen) atoms. The molecule has 0 spiro atoms. The van der Waals surface area contributed by atoms with E-state index in [-0.39, 0.29) is 11.3 Å². The monoisotopic (exact) mass is 289 g/mol. The Labute approximate surface area is 125 Å². The molecule has 1 amide bonds. The van der Waals surface area contributed by atoms with Crippen LogP contribution in [0.1, 0.15) is 49.5 Å². The first-order valence-electron chi connectivity index (χ1n) is 7.01. The van der Waals surface area contributed by atoms with Gasteiger partial charge in [0.1, 0.15) is 6.04 Å². The summed E-state index contributed by atoms with van der Waals surface area (Å²) in [7, 11) is 0. The second-order valence-electron chi connectivity index (χ2n) is 6.06. The maximum Gasteiger partial charge on any atom is 0.326 e. The van der Waals surface area contributed by atoms with Crippen LogP contribution in [-0.2, 0) is 10.2 Å². The highest BCUT2D eigenvalue weighted by Crippen LogP contribution is 2.22. The van der Waals surface area contributed by atoms with Gasteiger partial charge in [-0.3, -0.25) is 4.79 Å². The van der Waals surface area contributed by atoms with Crippen molar-refractivity contribution in [1.29, 1.82) is 0 Å². The van der Waals surface area contributed by atoms with Crippen LogP contribution < -0.4 is 5.32 Å². The lowest BCUT2D eigenvalue weighted by Gasteiger charge is -2.19. The molecule has 0 heterocycles. The highest BCUT2D eigenvalue weighted by Gasteiger charge is 2.20. The molecule has 0 radical (unpaired) electrons. The van der Waals surface area contributed by atoms with E-state index in [1.165, 1.54) is 0 Å². The molecule has 0 aromatic heterocycles. The third-order valence-corrected chi connectivity index (χ3v) is 3.28. The van der Waals surface area contributed by atoms with E-state index in [1.807, 2.05) is 12.1 Å². The largest absolute Gasteiger partial charge is 0.480 e. The van der Waals surface area contributed by atoms with Gasteiger partial charge in [0.05, 0.1) is 0 Å². The van der Waals surface area contributed by atoms with Crippen LogP contribution in [0.25, 0.3) is 0 Å². The second kappa shape index (κ2) is 7.07. The third kappa shape index (κ3) is 5.06. The van der Waals surface area contributed by atoms with E-state index in [1.54, 1.807) is 18.2 Å². The summed E-state index contributed by atoms with van der Waals surface area (Å²) in [5, 5.41) is 11.6. The van der Waals surface area contributed by atoms with E-state index in [4.69, 9.17) is 5.11 Å². The van der Waals surface area contributed by atoms with Gasteiger partial charge in [0.25, 0.3) is 5.91 Å². The zero-order valence-electron chi connectivity index (χ0n) is 12.8. The topological polar surface area (TPSA) is 66.4 Å². The minimum Gasteiger partial charge on any atom is -0.480 e. The van der Waals surface area contributed by atoms with E-state index >= 15 is 0 Å². The van der Waals surface area contributed by atoms with Gasteiger partial charge >= 0.3 is 5.97 Å². The predicted octanol–water partition coefficient (Wildman–Crippen LogP) is 3.13. The van der Waals surface area contributed by atoms with Gasteiger partial charge in [0.2, 0.25) is 0 Å². The fourth-order valence-electron chi connectivity index (χ4n) is 1.91. The third-order valence-electron chi connectivity index (χ3n) is 3.28. The van der Waals surface area contributed by atoms with Crippen LogP contribution >= 0.6 is 0 Å². The molecule has 4 nitrogen and oxygen atoms in total. The van der Waals surface area contributed by atoms with Gasteiger partial charge in [0, 0.05) is 5.56 Å². The number of carboxylic acids is 1. The quantitative estimate of drug-likeness (QED) is 0.791. The van der Waals surface area contributed by atoms with Crippen molar-refractivity contribution in [3.8, 4) is 0 Å². The lowest BCUT2D eigenvalue weighted by Crippen LogP contribution is -2.40. The molecule has 1 aromatic carbocycles. The molecular weight excluding hydrogens is 266 g/mol. The summed E-state index contributed by atoms with van der Waals surface area (Å²) < 4.78 is 0. The van der Waals surface area contributed by atoms with Crippen molar-refractivity contribution >= 4 is 11.9 Å². The number of hydrogen-bond acceptors (Lipinski definition) is 2. The number of nitrogens with one attached hydrogen (secondary N) is 1. The van der Waals surface area contributed by atoms with Crippen LogP contribution in [-0.4, -0.2) is 23.0 Å². The Morgan fingerprint density at radius 2 is 1.86 bits per heavy atom. The smallest absolute Gasteiger partial charge is 0.326 e. The molecule has 0 fully saturated rings. The van der Waals surface area contributed by atoms with Crippen molar-refractivity contribution in [2.75, 3.05) is 0 Å². The van der Waals surface area contributed by atoms with E-state index in [9.17, 15) is 9.59 Å².